The summed E-state index contributed by atoms with van der Waals surface area (Å²) in [6, 6.07) is 14.7. The van der Waals surface area contributed by atoms with Crippen LogP contribution in [0.4, 0.5) is 0 Å². The van der Waals surface area contributed by atoms with Gasteiger partial charge >= 0.3 is 5.97 Å². The molecule has 2 aromatic heterocycles. The van der Waals surface area contributed by atoms with Gasteiger partial charge in [0, 0.05) is 10.9 Å². The summed E-state index contributed by atoms with van der Waals surface area (Å²) >= 11 is 1.45. The molecule has 4 aromatic rings. The number of hydrogen-bond donors (Lipinski definition) is 0. The average molecular weight is 435 g/mol. The first-order chi connectivity index (χ1) is 15.1. The zero-order valence-electron chi connectivity index (χ0n) is 17.3. The van der Waals surface area contributed by atoms with Crippen molar-refractivity contribution in [3.8, 4) is 16.9 Å². The third kappa shape index (κ3) is 4.36. The lowest BCUT2D eigenvalue weighted by molar-refractivity contribution is 0.0505. The minimum atomic E-state index is -0.337. The summed E-state index contributed by atoms with van der Waals surface area (Å²) in [7, 11) is 1.62. The number of nitrogens with zero attached hydrogens (tertiary/aromatic N) is 2. The molecule has 0 atom stereocenters. The van der Waals surface area contributed by atoms with Gasteiger partial charge in [0.25, 0.3) is 5.56 Å². The van der Waals surface area contributed by atoms with E-state index in [9.17, 15) is 9.59 Å². The van der Waals surface area contributed by atoms with E-state index in [1.807, 2.05) is 48.7 Å². The van der Waals surface area contributed by atoms with Crippen molar-refractivity contribution in [3.63, 3.8) is 0 Å². The fourth-order valence-electron chi connectivity index (χ4n) is 3.28. The molecule has 0 fully saturated rings. The lowest BCUT2D eigenvalue weighted by Gasteiger charge is -2.08. The number of benzene rings is 2. The van der Waals surface area contributed by atoms with E-state index in [4.69, 9.17) is 9.47 Å². The number of thiophene rings is 1. The molecule has 0 N–H and O–H groups in total. The molecule has 2 heterocycles. The first-order valence-corrected chi connectivity index (χ1v) is 10.9. The van der Waals surface area contributed by atoms with E-state index in [0.717, 1.165) is 28.9 Å². The lowest BCUT2D eigenvalue weighted by atomic mass is 10.1. The smallest absolute Gasteiger partial charge is 0.338 e. The molecular formula is C24H22N2O4S. The van der Waals surface area contributed by atoms with Crippen LogP contribution in [0.3, 0.4) is 0 Å². The number of hydrogen-bond acceptors (Lipinski definition) is 6. The molecule has 0 amide bonds. The standard InChI is InChI=1S/C24H22N2O4S/c1-3-12-30-24(28)18-6-4-16(5-7-18)13-26-15-25-22-21(23(26)27)20(14-31-22)17-8-10-19(29-2)11-9-17/h4-11,14-15H,3,12-13H2,1-2H3. The first-order valence-electron chi connectivity index (χ1n) is 9.98. The van der Waals surface area contributed by atoms with Gasteiger partial charge in [-0.25, -0.2) is 9.78 Å². The Labute approximate surface area is 183 Å². The van der Waals surface area contributed by atoms with Crippen molar-refractivity contribution in [1.82, 2.24) is 9.55 Å². The number of rotatable bonds is 7. The first kappa shape index (κ1) is 20.8. The highest BCUT2D eigenvalue weighted by molar-refractivity contribution is 7.17. The predicted molar refractivity (Wildman–Crippen MR) is 122 cm³/mol. The Hall–Kier alpha value is -3.45. The minimum absolute atomic E-state index is 0.0940. The van der Waals surface area contributed by atoms with Crippen LogP contribution >= 0.6 is 11.3 Å². The van der Waals surface area contributed by atoms with Crippen LogP contribution in [0.15, 0.2) is 65.0 Å². The zero-order chi connectivity index (χ0) is 21.8. The summed E-state index contributed by atoms with van der Waals surface area (Å²) < 4.78 is 12.0. The predicted octanol–water partition coefficient (Wildman–Crippen LogP) is 4.75. The van der Waals surface area contributed by atoms with Crippen LogP contribution in [-0.2, 0) is 11.3 Å². The number of methoxy groups -OCH3 is 1. The molecule has 0 saturated carbocycles. The Balaban J connectivity index is 1.62. The van der Waals surface area contributed by atoms with Gasteiger partial charge < -0.3 is 9.47 Å². The molecule has 0 aliphatic carbocycles. The van der Waals surface area contributed by atoms with Crippen molar-refractivity contribution < 1.29 is 14.3 Å². The molecule has 0 spiro atoms. The highest BCUT2D eigenvalue weighted by Gasteiger charge is 2.14. The monoisotopic (exact) mass is 434 g/mol. The second kappa shape index (κ2) is 9.14. The molecule has 158 valence electrons. The van der Waals surface area contributed by atoms with E-state index in [1.54, 1.807) is 30.1 Å². The quantitative estimate of drug-likeness (QED) is 0.393. The molecule has 0 aliphatic rings. The number of fused-ring (bicyclic) bond motifs is 1. The molecule has 2 aromatic carbocycles. The molecule has 4 rings (SSSR count). The van der Waals surface area contributed by atoms with Crippen molar-refractivity contribution in [3.05, 3.63) is 81.7 Å². The molecule has 0 unspecified atom stereocenters. The second-order valence-electron chi connectivity index (χ2n) is 7.07. The number of carbonyl (C=O) groups excluding carboxylic acids is 1. The van der Waals surface area contributed by atoms with Crippen LogP contribution in [-0.4, -0.2) is 29.2 Å². The summed E-state index contributed by atoms with van der Waals surface area (Å²) in [4.78, 5) is 30.4. The van der Waals surface area contributed by atoms with Gasteiger partial charge in [-0.15, -0.1) is 11.3 Å². The number of esters is 1. The van der Waals surface area contributed by atoms with Crippen LogP contribution in [0.2, 0.25) is 0 Å². The SMILES string of the molecule is CCCOC(=O)c1ccc(Cn2cnc3scc(-c4ccc(OC)cc4)c3c2=O)cc1. The Morgan fingerprint density at radius 3 is 2.52 bits per heavy atom. The number of ether oxygens (including phenoxy) is 2. The Bertz CT molecular complexity index is 1260. The summed E-state index contributed by atoms with van der Waals surface area (Å²) in [5.74, 6) is 0.428. The summed E-state index contributed by atoms with van der Waals surface area (Å²) in [6.07, 6.45) is 2.35. The molecule has 0 aliphatic heterocycles. The number of aromatic nitrogens is 2. The van der Waals surface area contributed by atoms with E-state index >= 15 is 0 Å². The van der Waals surface area contributed by atoms with Crippen molar-refractivity contribution in [2.45, 2.75) is 19.9 Å². The van der Waals surface area contributed by atoms with Gasteiger partial charge in [-0.3, -0.25) is 9.36 Å². The third-order valence-corrected chi connectivity index (χ3v) is 5.83. The second-order valence-corrected chi connectivity index (χ2v) is 7.93. The molecule has 0 saturated heterocycles. The molecule has 7 heteroatoms. The highest BCUT2D eigenvalue weighted by atomic mass is 32.1. The Morgan fingerprint density at radius 2 is 1.84 bits per heavy atom. The average Bonchev–Trinajstić information content (AvgIpc) is 3.25. The van der Waals surface area contributed by atoms with Gasteiger partial charge in [0.1, 0.15) is 10.6 Å². The fourth-order valence-corrected chi connectivity index (χ4v) is 4.19. The maximum Gasteiger partial charge on any atom is 0.338 e. The van der Waals surface area contributed by atoms with Gasteiger partial charge in [-0.2, -0.15) is 0 Å². The summed E-state index contributed by atoms with van der Waals surface area (Å²) in [5, 5.41) is 2.57. The maximum atomic E-state index is 13.2. The van der Waals surface area contributed by atoms with E-state index in [-0.39, 0.29) is 11.5 Å². The van der Waals surface area contributed by atoms with Crippen LogP contribution in [0.25, 0.3) is 21.3 Å². The molecule has 0 bridgehead atoms. The van der Waals surface area contributed by atoms with E-state index in [2.05, 4.69) is 4.98 Å². The van der Waals surface area contributed by atoms with Crippen molar-refractivity contribution in [2.24, 2.45) is 0 Å². The highest BCUT2D eigenvalue weighted by Crippen LogP contribution is 2.31. The van der Waals surface area contributed by atoms with Crippen LogP contribution in [0.1, 0.15) is 29.3 Å². The molecular weight excluding hydrogens is 412 g/mol. The lowest BCUT2D eigenvalue weighted by Crippen LogP contribution is -2.21. The molecule has 0 radical (unpaired) electrons. The van der Waals surface area contributed by atoms with Gasteiger partial charge in [0.05, 0.1) is 37.5 Å². The van der Waals surface area contributed by atoms with Crippen LogP contribution < -0.4 is 10.3 Å². The van der Waals surface area contributed by atoms with Gasteiger partial charge in [-0.05, 0) is 41.8 Å². The Kier molecular flexibility index (Phi) is 6.13. The Morgan fingerprint density at radius 1 is 1.10 bits per heavy atom. The summed E-state index contributed by atoms with van der Waals surface area (Å²) in [6.45, 7) is 2.72. The van der Waals surface area contributed by atoms with E-state index in [0.29, 0.717) is 28.9 Å². The van der Waals surface area contributed by atoms with Crippen molar-refractivity contribution >= 4 is 27.5 Å². The van der Waals surface area contributed by atoms with E-state index in [1.165, 1.54) is 11.3 Å². The zero-order valence-corrected chi connectivity index (χ0v) is 18.1. The largest absolute Gasteiger partial charge is 0.497 e. The van der Waals surface area contributed by atoms with Crippen LogP contribution in [0.5, 0.6) is 5.75 Å². The minimum Gasteiger partial charge on any atom is -0.497 e. The molecule has 31 heavy (non-hydrogen) atoms. The van der Waals surface area contributed by atoms with E-state index < -0.39 is 0 Å². The van der Waals surface area contributed by atoms with Gasteiger partial charge in [0.15, 0.2) is 0 Å². The topological polar surface area (TPSA) is 70.4 Å². The molecule has 6 nitrogen and oxygen atoms in total. The fraction of sp³-hybridized carbons (Fsp3) is 0.208. The van der Waals surface area contributed by atoms with Gasteiger partial charge in [-0.1, -0.05) is 31.2 Å². The summed E-state index contributed by atoms with van der Waals surface area (Å²) in [5.41, 5.74) is 3.11. The normalized spacial score (nSPS) is 10.9. The van der Waals surface area contributed by atoms with Crippen molar-refractivity contribution in [2.75, 3.05) is 13.7 Å². The van der Waals surface area contributed by atoms with Crippen LogP contribution in [0, 0.1) is 0 Å². The van der Waals surface area contributed by atoms with Gasteiger partial charge in [0.2, 0.25) is 0 Å². The maximum absolute atomic E-state index is 13.2. The number of carbonyl (C=O) groups is 1. The van der Waals surface area contributed by atoms with Crippen molar-refractivity contribution in [1.29, 1.82) is 0 Å². The third-order valence-electron chi connectivity index (χ3n) is 4.94.